The highest BCUT2D eigenvalue weighted by Gasteiger charge is 2.32. The molecule has 0 unspecified atom stereocenters. The van der Waals surface area contributed by atoms with Crippen LogP contribution in [-0.4, -0.2) is 66.4 Å². The van der Waals surface area contributed by atoms with Gasteiger partial charge in [-0.3, -0.25) is 9.80 Å². The normalized spacial score (nSPS) is 27.3. The van der Waals surface area contributed by atoms with Crippen molar-refractivity contribution in [1.82, 2.24) is 9.80 Å². The molecule has 0 bridgehead atoms. The van der Waals surface area contributed by atoms with Crippen LogP contribution in [0.4, 0.5) is 8.78 Å². The minimum atomic E-state index is -0.745. The molecule has 0 amide bonds. The molecule has 2 atom stereocenters. The molecule has 2 heterocycles. The Balaban J connectivity index is 1.61. The van der Waals surface area contributed by atoms with E-state index in [-0.39, 0.29) is 6.04 Å². The summed E-state index contributed by atoms with van der Waals surface area (Å²) in [5, 5.41) is 9.96. The van der Waals surface area contributed by atoms with E-state index in [1.165, 1.54) is 0 Å². The molecule has 6 heteroatoms. The fourth-order valence-corrected chi connectivity index (χ4v) is 3.41. The molecule has 4 nitrogen and oxygen atoms in total. The number of hydrogen-bond acceptors (Lipinski definition) is 4. The van der Waals surface area contributed by atoms with E-state index >= 15 is 0 Å². The monoisotopic (exact) mass is 326 g/mol. The average Bonchev–Trinajstić information content (AvgIpc) is 2.83. The lowest BCUT2D eigenvalue weighted by atomic mass is 10.1. The van der Waals surface area contributed by atoms with Crippen LogP contribution in [0.25, 0.3) is 0 Å². The molecule has 0 aromatic heterocycles. The second-order valence-electron chi connectivity index (χ2n) is 6.51. The smallest absolute Gasteiger partial charge is 0.163 e. The van der Waals surface area contributed by atoms with Gasteiger partial charge in [0.05, 0.1) is 25.4 Å². The summed E-state index contributed by atoms with van der Waals surface area (Å²) in [5.41, 5.74) is 0.745. The first-order chi connectivity index (χ1) is 11.1. The highest BCUT2D eigenvalue weighted by molar-refractivity contribution is 5.25. The molecule has 1 aromatic carbocycles. The van der Waals surface area contributed by atoms with Gasteiger partial charge in [-0.1, -0.05) is 12.1 Å². The fourth-order valence-electron chi connectivity index (χ4n) is 3.41. The summed E-state index contributed by atoms with van der Waals surface area (Å²) in [4.78, 5) is 4.40. The van der Waals surface area contributed by atoms with Crippen molar-refractivity contribution in [3.05, 3.63) is 34.9 Å². The molecule has 2 fully saturated rings. The number of halogens is 2. The maximum Gasteiger partial charge on any atom is 0.163 e. The summed E-state index contributed by atoms with van der Waals surface area (Å²) < 4.78 is 33.1. The second-order valence-corrected chi connectivity index (χ2v) is 6.51. The van der Waals surface area contributed by atoms with Gasteiger partial charge in [0.25, 0.3) is 0 Å². The van der Waals surface area contributed by atoms with Gasteiger partial charge in [-0.05, 0) is 32.0 Å². The van der Waals surface area contributed by atoms with Gasteiger partial charge in [-0.25, -0.2) is 8.78 Å². The van der Waals surface area contributed by atoms with E-state index in [9.17, 15) is 13.9 Å². The standard InChI is InChI=1S/C17H24F2N2O2/c1-12-3-4-13(17(19)16(12)18)9-20-5-2-6-21(8-7-20)14-10-23-11-15(14)22/h3-4,14-15,22H,2,5-11H2,1H3/t14-,15-/m0/s1. The summed E-state index contributed by atoms with van der Waals surface area (Å²) in [6.45, 7) is 6.28. The maximum atomic E-state index is 14.0. The van der Waals surface area contributed by atoms with E-state index in [1.54, 1.807) is 19.1 Å². The van der Waals surface area contributed by atoms with Crippen LogP contribution in [0.5, 0.6) is 0 Å². The number of aliphatic hydroxyl groups excluding tert-OH is 1. The van der Waals surface area contributed by atoms with Crippen LogP contribution in [0.1, 0.15) is 17.5 Å². The van der Waals surface area contributed by atoms with Crippen molar-refractivity contribution in [2.75, 3.05) is 39.4 Å². The predicted octanol–water partition coefficient (Wildman–Crippen LogP) is 1.54. The van der Waals surface area contributed by atoms with Gasteiger partial charge >= 0.3 is 0 Å². The molecule has 3 rings (SSSR count). The van der Waals surface area contributed by atoms with Gasteiger partial charge in [0.1, 0.15) is 0 Å². The number of aliphatic hydroxyl groups is 1. The summed E-state index contributed by atoms with van der Waals surface area (Å²) in [6, 6.07) is 3.36. The maximum absolute atomic E-state index is 14.0. The molecular formula is C17H24F2N2O2. The van der Waals surface area contributed by atoms with Crippen molar-refractivity contribution >= 4 is 0 Å². The van der Waals surface area contributed by atoms with Crippen molar-refractivity contribution in [2.24, 2.45) is 0 Å². The average molecular weight is 326 g/mol. The minimum Gasteiger partial charge on any atom is -0.389 e. The Labute approximate surface area is 135 Å². The van der Waals surface area contributed by atoms with Crippen LogP contribution in [0.3, 0.4) is 0 Å². The van der Waals surface area contributed by atoms with Crippen LogP contribution < -0.4 is 0 Å². The van der Waals surface area contributed by atoms with E-state index in [4.69, 9.17) is 4.74 Å². The third-order valence-electron chi connectivity index (χ3n) is 4.86. The van der Waals surface area contributed by atoms with Gasteiger partial charge in [0.15, 0.2) is 11.6 Å². The number of rotatable bonds is 3. The fraction of sp³-hybridized carbons (Fsp3) is 0.647. The molecule has 2 saturated heterocycles. The molecule has 128 valence electrons. The van der Waals surface area contributed by atoms with Gasteiger partial charge in [0, 0.05) is 25.2 Å². The summed E-state index contributed by atoms with van der Waals surface area (Å²) in [5.74, 6) is -1.48. The van der Waals surface area contributed by atoms with Crippen molar-refractivity contribution < 1.29 is 18.6 Å². The van der Waals surface area contributed by atoms with Crippen molar-refractivity contribution in [3.8, 4) is 0 Å². The zero-order valence-corrected chi connectivity index (χ0v) is 13.5. The van der Waals surface area contributed by atoms with E-state index < -0.39 is 17.7 Å². The number of nitrogens with zero attached hydrogens (tertiary/aromatic N) is 2. The first-order valence-corrected chi connectivity index (χ1v) is 8.22. The zero-order chi connectivity index (χ0) is 16.4. The first-order valence-electron chi connectivity index (χ1n) is 8.22. The van der Waals surface area contributed by atoms with Gasteiger partial charge < -0.3 is 9.84 Å². The predicted molar refractivity (Wildman–Crippen MR) is 83.2 cm³/mol. The van der Waals surface area contributed by atoms with E-state index in [2.05, 4.69) is 9.80 Å². The molecule has 1 aromatic rings. The largest absolute Gasteiger partial charge is 0.389 e. The van der Waals surface area contributed by atoms with Crippen LogP contribution in [0, 0.1) is 18.6 Å². The third kappa shape index (κ3) is 3.71. The molecule has 1 N–H and O–H groups in total. The minimum absolute atomic E-state index is 0.0588. The summed E-state index contributed by atoms with van der Waals surface area (Å²) in [6.07, 6.45) is 0.518. The van der Waals surface area contributed by atoms with E-state index in [0.29, 0.717) is 30.9 Å². The Kier molecular flexibility index (Phi) is 5.26. The Morgan fingerprint density at radius 3 is 2.70 bits per heavy atom. The Bertz CT molecular complexity index is 556. The second kappa shape index (κ2) is 7.21. The highest BCUT2D eigenvalue weighted by Crippen LogP contribution is 2.20. The Morgan fingerprint density at radius 1 is 1.13 bits per heavy atom. The summed E-state index contributed by atoms with van der Waals surface area (Å²) >= 11 is 0. The lowest BCUT2D eigenvalue weighted by Gasteiger charge is -2.28. The lowest BCUT2D eigenvalue weighted by Crippen LogP contribution is -2.44. The molecule has 2 aliphatic heterocycles. The van der Waals surface area contributed by atoms with Gasteiger partial charge in [-0.2, -0.15) is 0 Å². The van der Waals surface area contributed by atoms with Crippen molar-refractivity contribution in [3.63, 3.8) is 0 Å². The van der Waals surface area contributed by atoms with E-state index in [1.807, 2.05) is 0 Å². The van der Waals surface area contributed by atoms with E-state index in [0.717, 1.165) is 32.6 Å². The topological polar surface area (TPSA) is 35.9 Å². The molecule has 0 radical (unpaired) electrons. The third-order valence-corrected chi connectivity index (χ3v) is 4.86. The Hall–Kier alpha value is -1.08. The quantitative estimate of drug-likeness (QED) is 0.914. The van der Waals surface area contributed by atoms with Crippen LogP contribution in [0.2, 0.25) is 0 Å². The van der Waals surface area contributed by atoms with Crippen LogP contribution in [0.15, 0.2) is 12.1 Å². The molecule has 23 heavy (non-hydrogen) atoms. The molecular weight excluding hydrogens is 302 g/mol. The molecule has 2 aliphatic rings. The van der Waals surface area contributed by atoms with Crippen LogP contribution >= 0.6 is 0 Å². The van der Waals surface area contributed by atoms with Gasteiger partial charge in [-0.15, -0.1) is 0 Å². The first kappa shape index (κ1) is 16.8. The Morgan fingerprint density at radius 2 is 1.96 bits per heavy atom. The van der Waals surface area contributed by atoms with Gasteiger partial charge in [0.2, 0.25) is 0 Å². The zero-order valence-electron chi connectivity index (χ0n) is 13.5. The number of benzene rings is 1. The number of aryl methyl sites for hydroxylation is 1. The molecule has 0 spiro atoms. The molecule has 0 saturated carbocycles. The SMILES string of the molecule is Cc1ccc(CN2CCCN([C@H]3COC[C@@H]3O)CC2)c(F)c1F. The van der Waals surface area contributed by atoms with Crippen molar-refractivity contribution in [1.29, 1.82) is 0 Å². The van der Waals surface area contributed by atoms with Crippen LogP contribution in [-0.2, 0) is 11.3 Å². The molecule has 0 aliphatic carbocycles. The van der Waals surface area contributed by atoms with Crippen molar-refractivity contribution in [2.45, 2.75) is 32.0 Å². The highest BCUT2D eigenvalue weighted by atomic mass is 19.2. The number of hydrogen-bond donors (Lipinski definition) is 1. The lowest BCUT2D eigenvalue weighted by molar-refractivity contribution is 0.0837. The summed E-state index contributed by atoms with van der Waals surface area (Å²) in [7, 11) is 0. The number of ether oxygens (including phenoxy) is 1.